The second kappa shape index (κ2) is 11.2. The van der Waals surface area contributed by atoms with Gasteiger partial charge in [0.2, 0.25) is 11.6 Å². The number of aromatic hydroxyl groups is 1. The van der Waals surface area contributed by atoms with Crippen LogP contribution < -0.4 is 20.7 Å². The Bertz CT molecular complexity index is 1560. The Hall–Kier alpha value is -3.94. The minimum Gasteiger partial charge on any atom is -0.537 e. The standard InChI is InChI=1S/C21H21N5O8S.Cu/c1-25-19(28)17(20(29)26(2)21(25)30)23-22-14-8-6-5-7-13(14)18(27)24-35(31,32)16-11-12(33-3)9-10-15(16)34-4;/h5-11H,1-4H3,(H2,22,24,27,28,29);/q;+1/p-1. The van der Waals surface area contributed by atoms with Crippen molar-refractivity contribution in [1.29, 1.82) is 0 Å². The number of ether oxygens (including phenoxy) is 2. The smallest absolute Gasteiger partial charge is 0.537 e. The molecule has 2 aromatic carbocycles. The zero-order chi connectivity index (χ0) is 25.9. The molecule has 3 rings (SSSR count). The van der Waals surface area contributed by atoms with E-state index in [4.69, 9.17) is 9.47 Å². The van der Waals surface area contributed by atoms with Crippen LogP contribution in [0.2, 0.25) is 0 Å². The Labute approximate surface area is 215 Å². The third-order valence-electron chi connectivity index (χ3n) is 4.85. The molecular weight excluding hydrogens is 546 g/mol. The zero-order valence-electron chi connectivity index (χ0n) is 19.3. The fourth-order valence-electron chi connectivity index (χ4n) is 2.94. The third-order valence-corrected chi connectivity index (χ3v) is 6.14. The summed E-state index contributed by atoms with van der Waals surface area (Å²) in [6, 6.07) is 9.52. The minimum atomic E-state index is -4.53. The topological polar surface area (TPSA) is 173 Å². The van der Waals surface area contributed by atoms with Crippen LogP contribution in [0.1, 0.15) is 10.4 Å². The number of hydrogen-bond donors (Lipinski definition) is 1. The van der Waals surface area contributed by atoms with E-state index in [1.807, 2.05) is 0 Å². The molecule has 194 valence electrons. The maximum Gasteiger partial charge on any atom is 1.00 e. The van der Waals surface area contributed by atoms with E-state index in [9.17, 15) is 27.9 Å². The number of amides is 1. The molecule has 1 aromatic heterocycles. The number of aromatic nitrogens is 2. The van der Waals surface area contributed by atoms with Crippen LogP contribution in [0.25, 0.3) is 4.72 Å². The van der Waals surface area contributed by atoms with Gasteiger partial charge in [0.1, 0.15) is 21.5 Å². The van der Waals surface area contributed by atoms with Crippen molar-refractivity contribution in [3.05, 3.63) is 73.6 Å². The molecule has 1 N–H and O–H groups in total. The summed E-state index contributed by atoms with van der Waals surface area (Å²) in [5.74, 6) is -1.73. The summed E-state index contributed by atoms with van der Waals surface area (Å²) in [6.45, 7) is 0. The van der Waals surface area contributed by atoms with Crippen molar-refractivity contribution >= 4 is 27.3 Å². The Morgan fingerprint density at radius 2 is 1.67 bits per heavy atom. The first-order chi connectivity index (χ1) is 16.5. The van der Waals surface area contributed by atoms with Crippen LogP contribution >= 0.6 is 0 Å². The maximum atomic E-state index is 12.9. The van der Waals surface area contributed by atoms with Crippen molar-refractivity contribution in [3.8, 4) is 17.4 Å². The van der Waals surface area contributed by atoms with Crippen LogP contribution in [-0.4, -0.2) is 42.8 Å². The van der Waals surface area contributed by atoms with Crippen molar-refractivity contribution in [2.45, 2.75) is 4.90 Å². The molecule has 0 bridgehead atoms. The van der Waals surface area contributed by atoms with Crippen LogP contribution in [-0.2, 0) is 41.2 Å². The molecule has 36 heavy (non-hydrogen) atoms. The van der Waals surface area contributed by atoms with Crippen molar-refractivity contribution in [2.75, 3.05) is 14.2 Å². The molecule has 1 heterocycles. The number of nitrogens with zero attached hydrogens (tertiary/aromatic N) is 5. The number of rotatable bonds is 7. The quantitative estimate of drug-likeness (QED) is 0.335. The van der Waals surface area contributed by atoms with E-state index < -0.39 is 38.7 Å². The van der Waals surface area contributed by atoms with Gasteiger partial charge in [-0.2, -0.15) is 0 Å². The summed E-state index contributed by atoms with van der Waals surface area (Å²) in [7, 11) is 0.495. The molecule has 0 aliphatic carbocycles. The third kappa shape index (κ3) is 5.48. The fraction of sp³-hybridized carbons (Fsp3) is 0.190. The van der Waals surface area contributed by atoms with Gasteiger partial charge in [0.25, 0.3) is 5.56 Å². The normalized spacial score (nSPS) is 11.1. The van der Waals surface area contributed by atoms with Crippen molar-refractivity contribution in [1.82, 2.24) is 9.13 Å². The summed E-state index contributed by atoms with van der Waals surface area (Å²) >= 11 is 0. The van der Waals surface area contributed by atoms with E-state index in [0.29, 0.717) is 4.57 Å². The zero-order valence-corrected chi connectivity index (χ0v) is 21.1. The van der Waals surface area contributed by atoms with E-state index in [0.717, 1.165) is 10.6 Å². The molecule has 3 aromatic rings. The van der Waals surface area contributed by atoms with E-state index in [-0.39, 0.29) is 44.7 Å². The molecule has 0 spiro atoms. The first-order valence-electron chi connectivity index (χ1n) is 9.76. The predicted octanol–water partition coefficient (Wildman–Crippen LogP) is 2.12. The second-order valence-electron chi connectivity index (χ2n) is 6.98. The maximum absolute atomic E-state index is 12.9. The number of azo groups is 1. The minimum absolute atomic E-state index is 0. The molecular formula is C21H20CuN5O8S. The van der Waals surface area contributed by atoms with Gasteiger partial charge >= 0.3 is 22.8 Å². The molecule has 1 amide bonds. The molecule has 13 nitrogen and oxygen atoms in total. The van der Waals surface area contributed by atoms with Gasteiger partial charge in [-0.1, -0.05) is 18.2 Å². The van der Waals surface area contributed by atoms with E-state index in [2.05, 4.69) is 15.0 Å². The van der Waals surface area contributed by atoms with Crippen LogP contribution in [0.3, 0.4) is 0 Å². The second-order valence-corrected chi connectivity index (χ2v) is 8.56. The van der Waals surface area contributed by atoms with Gasteiger partial charge < -0.3 is 24.1 Å². The number of benzene rings is 2. The largest absolute Gasteiger partial charge is 1.00 e. The van der Waals surface area contributed by atoms with Gasteiger partial charge in [0.05, 0.1) is 30.7 Å². The van der Waals surface area contributed by atoms with Crippen LogP contribution in [0.15, 0.2) is 67.2 Å². The van der Waals surface area contributed by atoms with Crippen molar-refractivity contribution in [2.24, 2.45) is 24.3 Å². The van der Waals surface area contributed by atoms with E-state index in [1.165, 1.54) is 64.7 Å². The number of carbonyl (C=O) groups excluding carboxylic acids is 1. The van der Waals surface area contributed by atoms with Crippen LogP contribution in [0.4, 0.5) is 11.4 Å². The Morgan fingerprint density at radius 3 is 2.31 bits per heavy atom. The Balaban J connectivity index is 0.00000456. The number of carbonyl (C=O) groups is 1. The average Bonchev–Trinajstić information content (AvgIpc) is 2.85. The van der Waals surface area contributed by atoms with Crippen LogP contribution in [0, 0.1) is 0 Å². The molecule has 0 aliphatic heterocycles. The molecule has 0 saturated heterocycles. The molecule has 0 unspecified atom stereocenters. The summed E-state index contributed by atoms with van der Waals surface area (Å²) in [5.41, 5.74) is -2.63. The van der Waals surface area contributed by atoms with E-state index >= 15 is 0 Å². The first kappa shape index (κ1) is 28.3. The first-order valence-corrected chi connectivity index (χ1v) is 11.2. The van der Waals surface area contributed by atoms with Gasteiger partial charge in [0.15, 0.2) is 0 Å². The van der Waals surface area contributed by atoms with Crippen LogP contribution in [0.5, 0.6) is 17.4 Å². The summed E-state index contributed by atoms with van der Waals surface area (Å²) < 4.78 is 40.7. The summed E-state index contributed by atoms with van der Waals surface area (Å²) in [5, 5.41) is 17.6. The Kier molecular flexibility index (Phi) is 8.80. The van der Waals surface area contributed by atoms with E-state index in [1.54, 1.807) is 0 Å². The molecule has 15 heteroatoms. The van der Waals surface area contributed by atoms with Gasteiger partial charge in [-0.15, -0.1) is 10.2 Å². The molecule has 0 aliphatic rings. The molecule has 0 atom stereocenters. The van der Waals surface area contributed by atoms with Gasteiger partial charge in [0, 0.05) is 25.7 Å². The van der Waals surface area contributed by atoms with Gasteiger partial charge in [-0.3, -0.25) is 13.9 Å². The monoisotopic (exact) mass is 565 g/mol. The average molecular weight is 566 g/mol. The number of hydrogen-bond acceptors (Lipinski definition) is 10. The van der Waals surface area contributed by atoms with Gasteiger partial charge in [-0.25, -0.2) is 13.2 Å². The fourth-order valence-corrected chi connectivity index (χ4v) is 4.03. The number of sulfonamides is 1. The number of methoxy groups -OCH3 is 2. The molecule has 0 fully saturated rings. The van der Waals surface area contributed by atoms with Crippen molar-refractivity contribution < 1.29 is 44.9 Å². The molecule has 0 radical (unpaired) electrons. The van der Waals surface area contributed by atoms with Gasteiger partial charge in [-0.05, 0) is 18.2 Å². The summed E-state index contributed by atoms with van der Waals surface area (Å²) in [4.78, 5) is 36.6. The summed E-state index contributed by atoms with van der Waals surface area (Å²) in [6.07, 6.45) is 0. The molecule has 0 saturated carbocycles. The van der Waals surface area contributed by atoms with Crippen molar-refractivity contribution in [3.63, 3.8) is 0 Å². The Morgan fingerprint density at radius 1 is 1.00 bits per heavy atom. The SMILES string of the molecule is COc1ccc(OC)c(S(=O)(=O)[N-]C(=O)c2ccccc2N=Nc2c(O)n(C)c(=O)n(C)c2=O)c1.[Cu+]. The predicted molar refractivity (Wildman–Crippen MR) is 124 cm³/mol.